The molecule has 1 saturated carbocycles. The minimum absolute atomic E-state index is 0.0116. The lowest BCUT2D eigenvalue weighted by Gasteiger charge is -2.27. The molecular weight excluding hydrogens is 192 g/mol. The van der Waals surface area contributed by atoms with Crippen molar-refractivity contribution < 1.29 is 0 Å². The van der Waals surface area contributed by atoms with Gasteiger partial charge in [0.25, 0.3) is 0 Å². The molecule has 1 aliphatic rings. The maximum absolute atomic E-state index is 5.70. The normalized spacial score (nSPS) is 17.4. The zero-order chi connectivity index (χ0) is 10.8. The van der Waals surface area contributed by atoms with E-state index in [1.54, 1.807) is 0 Å². The lowest BCUT2D eigenvalue weighted by atomic mass is 9.89. The second-order valence-corrected chi connectivity index (χ2v) is 5.30. The van der Waals surface area contributed by atoms with Crippen molar-refractivity contribution in [1.29, 1.82) is 0 Å². The van der Waals surface area contributed by atoms with Crippen molar-refractivity contribution in [2.24, 2.45) is 11.1 Å². The van der Waals surface area contributed by atoms with Gasteiger partial charge in [-0.1, -0.05) is 33.0 Å². The van der Waals surface area contributed by atoms with E-state index in [0.29, 0.717) is 4.99 Å². The Kier molecular flexibility index (Phi) is 3.90. The first-order valence-electron chi connectivity index (χ1n) is 5.51. The van der Waals surface area contributed by atoms with Gasteiger partial charge in [-0.05, 0) is 32.4 Å². The Labute approximate surface area is 92.8 Å². The highest BCUT2D eigenvalue weighted by Crippen LogP contribution is 2.29. The maximum atomic E-state index is 5.70. The van der Waals surface area contributed by atoms with Crippen molar-refractivity contribution in [3.05, 3.63) is 0 Å². The van der Waals surface area contributed by atoms with E-state index >= 15 is 0 Å². The van der Waals surface area contributed by atoms with Gasteiger partial charge in [-0.2, -0.15) is 0 Å². The highest BCUT2D eigenvalue weighted by molar-refractivity contribution is 7.80. The number of hydrogen-bond acceptors (Lipinski definition) is 2. The summed E-state index contributed by atoms with van der Waals surface area (Å²) in [5, 5.41) is 0. The molecule has 0 heterocycles. The van der Waals surface area contributed by atoms with Crippen LogP contribution in [0.5, 0.6) is 0 Å². The molecule has 0 aromatic heterocycles. The molecule has 0 aliphatic heterocycles. The summed E-state index contributed by atoms with van der Waals surface area (Å²) in [5.41, 5.74) is 5.71. The number of nitrogens with zero attached hydrogens (tertiary/aromatic N) is 1. The van der Waals surface area contributed by atoms with Crippen LogP contribution < -0.4 is 5.73 Å². The van der Waals surface area contributed by atoms with Gasteiger partial charge < -0.3 is 10.6 Å². The van der Waals surface area contributed by atoms with Crippen molar-refractivity contribution in [2.75, 3.05) is 13.1 Å². The van der Waals surface area contributed by atoms with Gasteiger partial charge in [0.2, 0.25) is 0 Å². The Morgan fingerprint density at radius 3 is 2.43 bits per heavy atom. The Balaban J connectivity index is 2.33. The van der Waals surface area contributed by atoms with Crippen molar-refractivity contribution >= 4 is 17.2 Å². The molecule has 0 atom stereocenters. The van der Waals surface area contributed by atoms with Gasteiger partial charge in [0.1, 0.15) is 0 Å². The van der Waals surface area contributed by atoms with Crippen LogP contribution in [-0.2, 0) is 0 Å². The van der Waals surface area contributed by atoms with E-state index in [2.05, 4.69) is 25.7 Å². The molecule has 0 aromatic carbocycles. The summed E-state index contributed by atoms with van der Waals surface area (Å²) >= 11 is 5.06. The van der Waals surface area contributed by atoms with E-state index in [9.17, 15) is 0 Å². The van der Waals surface area contributed by atoms with Crippen LogP contribution >= 0.6 is 12.2 Å². The molecule has 0 amide bonds. The average Bonchev–Trinajstić information content (AvgIpc) is 2.89. The standard InChI is InChI=1S/C11H22N2S/c1-4-13(9-5-6-9)8-7-11(2,3)10(12)14/h9H,4-8H2,1-3H3,(H2,12,14). The van der Waals surface area contributed by atoms with E-state index in [1.165, 1.54) is 12.8 Å². The second-order valence-electron chi connectivity index (χ2n) is 4.86. The first kappa shape index (κ1) is 11.9. The van der Waals surface area contributed by atoms with Crippen LogP contribution in [0.25, 0.3) is 0 Å². The molecular formula is C11H22N2S. The summed E-state index contributed by atoms with van der Waals surface area (Å²) in [5.74, 6) is 0. The SMILES string of the molecule is CCN(CCC(C)(C)C(N)=S)C1CC1. The molecule has 0 spiro atoms. The Morgan fingerprint density at radius 2 is 2.07 bits per heavy atom. The minimum Gasteiger partial charge on any atom is -0.393 e. The predicted molar refractivity (Wildman–Crippen MR) is 65.5 cm³/mol. The topological polar surface area (TPSA) is 29.3 Å². The Morgan fingerprint density at radius 1 is 1.50 bits per heavy atom. The summed E-state index contributed by atoms with van der Waals surface area (Å²) in [4.78, 5) is 3.18. The second kappa shape index (κ2) is 4.58. The first-order valence-corrected chi connectivity index (χ1v) is 5.92. The molecule has 0 unspecified atom stereocenters. The van der Waals surface area contributed by atoms with E-state index in [1.807, 2.05) is 0 Å². The van der Waals surface area contributed by atoms with Gasteiger partial charge in [-0.3, -0.25) is 0 Å². The fourth-order valence-electron chi connectivity index (χ4n) is 1.58. The summed E-state index contributed by atoms with van der Waals surface area (Å²) in [6.07, 6.45) is 3.83. The molecule has 0 saturated heterocycles. The van der Waals surface area contributed by atoms with Crippen molar-refractivity contribution in [3.63, 3.8) is 0 Å². The molecule has 1 rings (SSSR count). The third kappa shape index (κ3) is 3.21. The molecule has 1 aliphatic carbocycles. The monoisotopic (exact) mass is 214 g/mol. The fourth-order valence-corrected chi connectivity index (χ4v) is 1.69. The van der Waals surface area contributed by atoms with Gasteiger partial charge in [0.05, 0.1) is 4.99 Å². The quantitative estimate of drug-likeness (QED) is 0.687. The van der Waals surface area contributed by atoms with E-state index < -0.39 is 0 Å². The van der Waals surface area contributed by atoms with Crippen LogP contribution in [0.15, 0.2) is 0 Å². The largest absolute Gasteiger partial charge is 0.393 e. The molecule has 0 bridgehead atoms. The van der Waals surface area contributed by atoms with Gasteiger partial charge in [-0.25, -0.2) is 0 Å². The van der Waals surface area contributed by atoms with E-state index in [-0.39, 0.29) is 5.41 Å². The zero-order valence-electron chi connectivity index (χ0n) is 9.55. The number of hydrogen-bond donors (Lipinski definition) is 1. The number of rotatable bonds is 6. The van der Waals surface area contributed by atoms with Gasteiger partial charge in [0.15, 0.2) is 0 Å². The predicted octanol–water partition coefficient (Wildman–Crippen LogP) is 2.17. The summed E-state index contributed by atoms with van der Waals surface area (Å²) in [6, 6.07) is 0.849. The summed E-state index contributed by atoms with van der Waals surface area (Å²) in [6.45, 7) is 8.78. The van der Waals surface area contributed by atoms with Crippen molar-refractivity contribution in [2.45, 2.75) is 46.1 Å². The highest BCUT2D eigenvalue weighted by atomic mass is 32.1. The Bertz CT molecular complexity index is 209. The maximum Gasteiger partial charge on any atom is 0.0784 e. The number of thiocarbonyl (C=S) groups is 1. The highest BCUT2D eigenvalue weighted by Gasteiger charge is 2.29. The lowest BCUT2D eigenvalue weighted by molar-refractivity contribution is 0.248. The molecule has 1 fully saturated rings. The van der Waals surface area contributed by atoms with Gasteiger partial charge in [-0.15, -0.1) is 0 Å². The minimum atomic E-state index is 0.0116. The smallest absolute Gasteiger partial charge is 0.0784 e. The average molecular weight is 214 g/mol. The van der Waals surface area contributed by atoms with Crippen molar-refractivity contribution in [1.82, 2.24) is 4.90 Å². The van der Waals surface area contributed by atoms with Crippen LogP contribution in [0.3, 0.4) is 0 Å². The molecule has 0 aromatic rings. The zero-order valence-corrected chi connectivity index (χ0v) is 10.4. The van der Waals surface area contributed by atoms with Crippen LogP contribution in [0.4, 0.5) is 0 Å². The van der Waals surface area contributed by atoms with Crippen LogP contribution in [0, 0.1) is 5.41 Å². The summed E-state index contributed by atoms with van der Waals surface area (Å²) < 4.78 is 0. The Hall–Kier alpha value is -0.150. The molecule has 2 N–H and O–H groups in total. The first-order chi connectivity index (χ1) is 6.47. The van der Waals surface area contributed by atoms with Gasteiger partial charge >= 0.3 is 0 Å². The van der Waals surface area contributed by atoms with Crippen LogP contribution in [-0.4, -0.2) is 29.0 Å². The third-order valence-corrected chi connectivity index (χ3v) is 3.71. The van der Waals surface area contributed by atoms with E-state index in [4.69, 9.17) is 18.0 Å². The van der Waals surface area contributed by atoms with E-state index in [0.717, 1.165) is 25.6 Å². The van der Waals surface area contributed by atoms with Gasteiger partial charge in [0, 0.05) is 11.5 Å². The number of nitrogens with two attached hydrogens (primary N) is 1. The van der Waals surface area contributed by atoms with Crippen LogP contribution in [0.2, 0.25) is 0 Å². The lowest BCUT2D eigenvalue weighted by Crippen LogP contribution is -2.35. The molecule has 3 heteroatoms. The third-order valence-electron chi connectivity index (χ3n) is 3.16. The van der Waals surface area contributed by atoms with Crippen molar-refractivity contribution in [3.8, 4) is 0 Å². The molecule has 2 nitrogen and oxygen atoms in total. The molecule has 82 valence electrons. The van der Waals surface area contributed by atoms with Crippen LogP contribution in [0.1, 0.15) is 40.0 Å². The fraction of sp³-hybridized carbons (Fsp3) is 0.909. The summed E-state index contributed by atoms with van der Waals surface area (Å²) in [7, 11) is 0. The molecule has 14 heavy (non-hydrogen) atoms. The molecule has 0 radical (unpaired) electrons.